The van der Waals surface area contributed by atoms with E-state index in [1.165, 1.54) is 16.7 Å². The molecule has 0 radical (unpaired) electrons. The summed E-state index contributed by atoms with van der Waals surface area (Å²) in [7, 11) is -7.55. The van der Waals surface area contributed by atoms with E-state index in [2.05, 4.69) is 90.7 Å². The van der Waals surface area contributed by atoms with Gasteiger partial charge in [-0.05, 0) is 95.8 Å². The largest absolute Gasteiger partial charge is 0.391 e. The van der Waals surface area contributed by atoms with E-state index in [4.69, 9.17) is 17.7 Å². The fraction of sp³-hybridized carbons (Fsp3) is 0.741. The minimum Gasteiger partial charge on any atom is -0.391 e. The van der Waals surface area contributed by atoms with E-state index < -0.39 is 44.8 Å². The summed E-state index contributed by atoms with van der Waals surface area (Å²) >= 11 is 0. The van der Waals surface area contributed by atoms with E-state index in [0.29, 0.717) is 12.8 Å². The molecule has 0 N–H and O–H groups in total. The normalized spacial score (nSPS) is 29.4. The van der Waals surface area contributed by atoms with Crippen LogP contribution in [0.3, 0.4) is 0 Å². The van der Waals surface area contributed by atoms with Crippen LogP contribution in [0.15, 0.2) is 34.9 Å². The molecule has 5 nitrogen and oxygen atoms in total. The van der Waals surface area contributed by atoms with Gasteiger partial charge in [0.15, 0.2) is 50.6 Å². The molecule has 2 atom stereocenters. The first kappa shape index (κ1) is 28.6. The third-order valence-corrected chi connectivity index (χ3v) is 10.8. The molecular formula is C27H48O5Si4. The molecule has 0 aromatic rings. The van der Waals surface area contributed by atoms with Gasteiger partial charge in [0.25, 0.3) is 0 Å². The van der Waals surface area contributed by atoms with Crippen LogP contribution in [0.4, 0.5) is 0 Å². The Balaban J connectivity index is 1.76. The number of rotatable bonds is 8. The highest BCUT2D eigenvalue weighted by Crippen LogP contribution is 2.64. The van der Waals surface area contributed by atoms with Gasteiger partial charge in [0, 0.05) is 31.1 Å². The third kappa shape index (κ3) is 5.93. The maximum Gasteiger partial charge on any atom is 0.187 e. The van der Waals surface area contributed by atoms with Gasteiger partial charge in [-0.1, -0.05) is 17.7 Å². The highest BCUT2D eigenvalue weighted by molar-refractivity contribution is 6.71. The summed E-state index contributed by atoms with van der Waals surface area (Å²) in [6.07, 6.45) is 9.44. The number of carbonyl (C=O) groups excluding carboxylic acids is 1. The maximum atomic E-state index is 13.3. The van der Waals surface area contributed by atoms with Crippen molar-refractivity contribution in [3.8, 4) is 0 Å². The van der Waals surface area contributed by atoms with Crippen LogP contribution in [0, 0.1) is 11.3 Å². The Hall–Kier alpha value is -0.402. The lowest BCUT2D eigenvalue weighted by Gasteiger charge is -2.42. The van der Waals surface area contributed by atoms with Crippen LogP contribution in [0.25, 0.3) is 0 Å². The molecule has 2 fully saturated rings. The molecule has 0 heterocycles. The SMILES string of the molecule is C[Si](C)(C)OC1(O[Si](C)(C)C)CC2=CC3C(=O)C=C4CC(O[Si](C)(C)C)(O[Si](C)(C)C)CC43C=C2C1. The standard InChI is InChI=1S/C27H48O5Si4/c1-33(2,3)29-26(30-34(4,5)6)16-20-13-23-24(28)14-22-18-27(31-35(7,8)9,32-36(10,11)12)19-25(22,23)15-21(20)17-26/h13-15,23H,16-19H2,1-12H3. The second-order valence-electron chi connectivity index (χ2n) is 15.3. The molecule has 0 amide bonds. The first-order valence-electron chi connectivity index (χ1n) is 13.5. The third-order valence-electron chi connectivity index (χ3n) is 6.90. The lowest BCUT2D eigenvalue weighted by Crippen LogP contribution is -2.50. The van der Waals surface area contributed by atoms with Gasteiger partial charge in [0.1, 0.15) is 0 Å². The first-order valence-corrected chi connectivity index (χ1v) is 27.2. The van der Waals surface area contributed by atoms with Crippen LogP contribution in [0.1, 0.15) is 25.7 Å². The van der Waals surface area contributed by atoms with Gasteiger partial charge in [-0.2, -0.15) is 0 Å². The Morgan fingerprint density at radius 3 is 1.58 bits per heavy atom. The summed E-state index contributed by atoms with van der Waals surface area (Å²) in [4.78, 5) is 13.3. The zero-order valence-electron chi connectivity index (χ0n) is 24.7. The molecule has 36 heavy (non-hydrogen) atoms. The molecule has 0 aliphatic heterocycles. The first-order chi connectivity index (χ1) is 16.0. The smallest absolute Gasteiger partial charge is 0.187 e. The van der Waals surface area contributed by atoms with Gasteiger partial charge in [0.2, 0.25) is 0 Å². The minimum absolute atomic E-state index is 0.182. The van der Waals surface area contributed by atoms with Gasteiger partial charge in [-0.25, -0.2) is 0 Å². The Kier molecular flexibility index (Phi) is 6.79. The van der Waals surface area contributed by atoms with E-state index in [0.717, 1.165) is 12.8 Å². The molecule has 2 saturated carbocycles. The monoisotopic (exact) mass is 564 g/mol. The summed E-state index contributed by atoms with van der Waals surface area (Å²) in [6.45, 7) is 26.8. The quantitative estimate of drug-likeness (QED) is 0.228. The van der Waals surface area contributed by atoms with Gasteiger partial charge >= 0.3 is 0 Å². The molecule has 0 aromatic heterocycles. The van der Waals surface area contributed by atoms with Gasteiger partial charge in [-0.3, -0.25) is 4.79 Å². The zero-order chi connectivity index (χ0) is 27.2. The topological polar surface area (TPSA) is 54.0 Å². The summed E-state index contributed by atoms with van der Waals surface area (Å²) in [5, 5.41) is 0. The molecule has 0 aromatic carbocycles. The summed E-state index contributed by atoms with van der Waals surface area (Å²) in [6, 6.07) is 0. The number of fused-ring (bicyclic) bond motifs is 1. The predicted octanol–water partition coefficient (Wildman–Crippen LogP) is 7.35. The highest BCUT2D eigenvalue weighted by Gasteiger charge is 2.63. The van der Waals surface area contributed by atoms with Crippen molar-refractivity contribution < 1.29 is 22.5 Å². The average molecular weight is 565 g/mol. The predicted molar refractivity (Wildman–Crippen MR) is 157 cm³/mol. The summed E-state index contributed by atoms with van der Waals surface area (Å²) < 4.78 is 27.4. The Bertz CT molecular complexity index is 1000. The van der Waals surface area contributed by atoms with Crippen molar-refractivity contribution in [1.82, 2.24) is 0 Å². The molecule has 202 valence electrons. The number of ketones is 1. The van der Waals surface area contributed by atoms with Crippen LogP contribution in [0.2, 0.25) is 78.6 Å². The molecule has 0 saturated heterocycles. The summed E-state index contributed by atoms with van der Waals surface area (Å²) in [5.41, 5.74) is 3.36. The zero-order valence-corrected chi connectivity index (χ0v) is 28.7. The van der Waals surface area contributed by atoms with Crippen molar-refractivity contribution >= 4 is 39.1 Å². The van der Waals surface area contributed by atoms with Crippen LogP contribution in [-0.4, -0.2) is 50.6 Å². The van der Waals surface area contributed by atoms with Gasteiger partial charge in [0.05, 0.1) is 5.92 Å². The van der Waals surface area contributed by atoms with Crippen molar-refractivity contribution in [1.29, 1.82) is 0 Å². The molecule has 4 aliphatic carbocycles. The maximum absolute atomic E-state index is 13.3. The van der Waals surface area contributed by atoms with Crippen LogP contribution >= 0.6 is 0 Å². The van der Waals surface area contributed by atoms with Crippen LogP contribution < -0.4 is 0 Å². The number of carbonyl (C=O) groups is 1. The number of allylic oxidation sites excluding steroid dienone is 3. The molecule has 0 bridgehead atoms. The lowest BCUT2D eigenvalue weighted by molar-refractivity contribution is -0.131. The van der Waals surface area contributed by atoms with E-state index in [1.807, 2.05) is 6.08 Å². The molecule has 2 unspecified atom stereocenters. The minimum atomic E-state index is -1.90. The van der Waals surface area contributed by atoms with E-state index in [-0.39, 0.29) is 17.1 Å². The van der Waals surface area contributed by atoms with E-state index >= 15 is 0 Å². The number of hydrogen-bond acceptors (Lipinski definition) is 5. The Morgan fingerprint density at radius 2 is 1.11 bits per heavy atom. The van der Waals surface area contributed by atoms with Crippen molar-refractivity contribution in [2.24, 2.45) is 11.3 Å². The van der Waals surface area contributed by atoms with Crippen LogP contribution in [0.5, 0.6) is 0 Å². The lowest BCUT2D eigenvalue weighted by atomic mass is 9.69. The molecule has 1 spiro atoms. The Labute approximate surface area is 223 Å². The van der Waals surface area contributed by atoms with E-state index in [9.17, 15) is 4.79 Å². The second kappa shape index (κ2) is 8.55. The fourth-order valence-electron chi connectivity index (χ4n) is 6.81. The van der Waals surface area contributed by atoms with Gasteiger partial charge in [-0.15, -0.1) is 0 Å². The van der Waals surface area contributed by atoms with Crippen molar-refractivity contribution in [3.05, 3.63) is 34.9 Å². The Morgan fingerprint density at radius 1 is 0.667 bits per heavy atom. The molecule has 4 rings (SSSR count). The van der Waals surface area contributed by atoms with E-state index in [1.54, 1.807) is 0 Å². The fourth-order valence-corrected chi connectivity index (χ4v) is 12.2. The van der Waals surface area contributed by atoms with Gasteiger partial charge < -0.3 is 17.7 Å². The molecular weight excluding hydrogens is 517 g/mol. The van der Waals surface area contributed by atoms with Crippen molar-refractivity contribution in [3.63, 3.8) is 0 Å². The highest BCUT2D eigenvalue weighted by atomic mass is 28.4. The van der Waals surface area contributed by atoms with Crippen molar-refractivity contribution in [2.75, 3.05) is 0 Å². The average Bonchev–Trinajstić information content (AvgIpc) is 3.09. The number of hydrogen-bond donors (Lipinski definition) is 0. The molecule has 9 heteroatoms. The molecule has 4 aliphatic rings. The summed E-state index contributed by atoms with van der Waals surface area (Å²) in [5.74, 6) is -1.23. The van der Waals surface area contributed by atoms with Crippen LogP contribution in [-0.2, 0) is 22.5 Å². The van der Waals surface area contributed by atoms with Crippen molar-refractivity contribution in [2.45, 2.75) is 116 Å². The second-order valence-corrected chi connectivity index (χ2v) is 33.1.